The number of hydrogen-bond acceptors (Lipinski definition) is 5. The van der Waals surface area contributed by atoms with E-state index in [0.717, 1.165) is 6.54 Å². The molecule has 7 heteroatoms. The van der Waals surface area contributed by atoms with Gasteiger partial charge in [-0.25, -0.2) is 9.37 Å². The molecule has 0 unspecified atom stereocenters. The lowest BCUT2D eigenvalue weighted by Crippen LogP contribution is -2.18. The summed E-state index contributed by atoms with van der Waals surface area (Å²) in [6, 6.07) is 8.02. The van der Waals surface area contributed by atoms with E-state index in [-0.39, 0.29) is 5.82 Å². The summed E-state index contributed by atoms with van der Waals surface area (Å²) < 4.78 is 13.0. The Kier molecular flexibility index (Phi) is 3.74. The van der Waals surface area contributed by atoms with E-state index in [1.165, 1.54) is 23.3 Å². The fourth-order valence-corrected chi connectivity index (χ4v) is 2.77. The maximum Gasteiger partial charge on any atom is 0.227 e. The number of nitrogens with zero attached hydrogens (tertiary/aromatic N) is 4. The molecule has 0 amide bonds. The Morgan fingerprint density at radius 3 is 2.62 bits per heavy atom. The Bertz CT molecular complexity index is 859. The maximum atomic E-state index is 13.0. The summed E-state index contributed by atoms with van der Waals surface area (Å²) in [6.07, 6.45) is 5.21. The van der Waals surface area contributed by atoms with Crippen LogP contribution in [0.3, 0.4) is 0 Å². The first-order valence-electron chi connectivity index (χ1n) is 7.41. The van der Waals surface area contributed by atoms with E-state index < -0.39 is 0 Å². The van der Waals surface area contributed by atoms with Gasteiger partial charge in [0.1, 0.15) is 10.8 Å². The predicted octanol–water partition coefficient (Wildman–Crippen LogP) is 3.93. The summed E-state index contributed by atoms with van der Waals surface area (Å²) in [5.41, 5.74) is 3.09. The first-order chi connectivity index (χ1) is 11.7. The first kappa shape index (κ1) is 14.8. The summed E-state index contributed by atoms with van der Waals surface area (Å²) in [7, 11) is 0. The Morgan fingerprint density at radius 1 is 1.04 bits per heavy atom. The molecule has 1 N–H and O–H groups in total. The third-order valence-corrected chi connectivity index (χ3v) is 4.12. The highest BCUT2D eigenvalue weighted by Crippen LogP contribution is 2.29. The lowest BCUT2D eigenvalue weighted by Gasteiger charge is -2.16. The van der Waals surface area contributed by atoms with Crippen LogP contribution in [0.15, 0.2) is 48.9 Å². The molecule has 0 saturated heterocycles. The van der Waals surface area contributed by atoms with Crippen molar-refractivity contribution in [2.75, 3.05) is 10.2 Å². The normalized spacial score (nSPS) is 13.0. The second kappa shape index (κ2) is 6.05. The van der Waals surface area contributed by atoms with Crippen LogP contribution in [-0.4, -0.2) is 15.0 Å². The molecule has 24 heavy (non-hydrogen) atoms. The molecule has 120 valence electrons. The Morgan fingerprint density at radius 2 is 1.83 bits per heavy atom. The fraction of sp³-hybridized carbons (Fsp3) is 0.118. The number of nitrogens with one attached hydrogen (secondary N) is 1. The topological polar surface area (TPSA) is 53.9 Å². The number of anilines is 3. The molecule has 0 bridgehead atoms. The smallest absolute Gasteiger partial charge is 0.227 e. The van der Waals surface area contributed by atoms with Crippen molar-refractivity contribution in [3.05, 3.63) is 70.9 Å². The molecule has 0 radical (unpaired) electrons. The highest BCUT2D eigenvalue weighted by molar-refractivity contribution is 6.32. The van der Waals surface area contributed by atoms with Crippen molar-refractivity contribution in [2.24, 2.45) is 0 Å². The summed E-state index contributed by atoms with van der Waals surface area (Å²) in [4.78, 5) is 15.0. The molecule has 0 spiro atoms. The van der Waals surface area contributed by atoms with E-state index in [2.05, 4.69) is 25.2 Å². The third kappa shape index (κ3) is 2.88. The van der Waals surface area contributed by atoms with Gasteiger partial charge < -0.3 is 10.2 Å². The number of halogens is 2. The fourth-order valence-electron chi connectivity index (χ4n) is 2.63. The van der Waals surface area contributed by atoms with Crippen LogP contribution in [0.25, 0.3) is 0 Å². The van der Waals surface area contributed by atoms with Crippen molar-refractivity contribution < 1.29 is 4.39 Å². The summed E-state index contributed by atoms with van der Waals surface area (Å²) in [6.45, 7) is 1.44. The van der Waals surface area contributed by atoms with Gasteiger partial charge in [0.15, 0.2) is 5.82 Å². The van der Waals surface area contributed by atoms with Gasteiger partial charge in [0.05, 0.1) is 6.20 Å². The van der Waals surface area contributed by atoms with Crippen molar-refractivity contribution in [2.45, 2.75) is 13.1 Å². The zero-order valence-electron chi connectivity index (χ0n) is 12.6. The molecule has 0 saturated carbocycles. The van der Waals surface area contributed by atoms with Crippen LogP contribution in [0.5, 0.6) is 0 Å². The molecule has 1 aliphatic heterocycles. The molecule has 5 nitrogen and oxygen atoms in total. The minimum Gasteiger partial charge on any atom is -0.339 e. The summed E-state index contributed by atoms with van der Waals surface area (Å²) in [5, 5.41) is 3.50. The molecule has 1 aromatic carbocycles. The third-order valence-electron chi connectivity index (χ3n) is 3.85. The lowest BCUT2D eigenvalue weighted by molar-refractivity contribution is 0.628. The molecule has 1 aliphatic rings. The van der Waals surface area contributed by atoms with Crippen LogP contribution in [-0.2, 0) is 13.1 Å². The van der Waals surface area contributed by atoms with Gasteiger partial charge in [-0.15, -0.1) is 0 Å². The highest BCUT2D eigenvalue weighted by atomic mass is 35.5. The van der Waals surface area contributed by atoms with Crippen LogP contribution in [0, 0.1) is 5.82 Å². The van der Waals surface area contributed by atoms with Crippen molar-refractivity contribution in [3.63, 3.8) is 0 Å². The summed E-state index contributed by atoms with van der Waals surface area (Å²) in [5.74, 6) is 0.779. The van der Waals surface area contributed by atoms with Gasteiger partial charge in [0, 0.05) is 31.2 Å². The Balaban J connectivity index is 1.59. The van der Waals surface area contributed by atoms with Crippen LogP contribution in [0.1, 0.15) is 11.1 Å². The minimum atomic E-state index is -0.293. The molecular formula is C17H13ClFN5. The van der Waals surface area contributed by atoms with Crippen LogP contribution in [0.2, 0.25) is 5.02 Å². The van der Waals surface area contributed by atoms with Gasteiger partial charge >= 0.3 is 0 Å². The standard InChI is InChI=1S/C17H13ClFN5/c18-15-8-21-17(24-9-11-5-6-20-7-12(11)10-24)23-16(15)22-14-3-1-13(19)2-4-14/h1-8H,9-10H2,(H,21,22,23). The van der Waals surface area contributed by atoms with E-state index in [9.17, 15) is 4.39 Å². The van der Waals surface area contributed by atoms with Crippen LogP contribution in [0.4, 0.5) is 21.8 Å². The first-order valence-corrected chi connectivity index (χ1v) is 7.79. The van der Waals surface area contributed by atoms with Crippen molar-refractivity contribution in [3.8, 4) is 0 Å². The number of pyridine rings is 1. The van der Waals surface area contributed by atoms with E-state index >= 15 is 0 Å². The van der Waals surface area contributed by atoms with E-state index in [1.807, 2.05) is 12.3 Å². The monoisotopic (exact) mass is 341 g/mol. The molecule has 2 aromatic heterocycles. The van der Waals surface area contributed by atoms with Crippen molar-refractivity contribution >= 4 is 29.1 Å². The molecule has 0 atom stereocenters. The van der Waals surface area contributed by atoms with Gasteiger partial charge in [0.25, 0.3) is 0 Å². The maximum absolute atomic E-state index is 13.0. The van der Waals surface area contributed by atoms with Crippen molar-refractivity contribution in [1.29, 1.82) is 0 Å². The van der Waals surface area contributed by atoms with Crippen molar-refractivity contribution in [1.82, 2.24) is 15.0 Å². The largest absolute Gasteiger partial charge is 0.339 e. The Hall–Kier alpha value is -2.73. The van der Waals surface area contributed by atoms with Crippen LogP contribution < -0.4 is 10.2 Å². The number of rotatable bonds is 3. The number of fused-ring (bicyclic) bond motifs is 1. The van der Waals surface area contributed by atoms with Crippen LogP contribution >= 0.6 is 11.6 Å². The summed E-state index contributed by atoms with van der Waals surface area (Å²) >= 11 is 6.18. The average molecular weight is 342 g/mol. The molecule has 3 aromatic rings. The van der Waals surface area contributed by atoms with E-state index in [0.29, 0.717) is 29.0 Å². The highest BCUT2D eigenvalue weighted by Gasteiger charge is 2.21. The van der Waals surface area contributed by atoms with Gasteiger partial charge in [-0.2, -0.15) is 4.98 Å². The minimum absolute atomic E-state index is 0.293. The SMILES string of the molecule is Fc1ccc(Nc2nc(N3Cc4ccncc4C3)ncc2Cl)cc1. The second-order valence-corrected chi connectivity index (χ2v) is 5.91. The molecule has 4 rings (SSSR count). The molecular weight excluding hydrogens is 329 g/mol. The zero-order chi connectivity index (χ0) is 16.5. The molecule has 0 aliphatic carbocycles. The van der Waals surface area contributed by atoms with E-state index in [4.69, 9.17) is 11.6 Å². The number of aromatic nitrogens is 3. The Labute approximate surface area is 143 Å². The molecule has 3 heterocycles. The number of benzene rings is 1. The molecule has 0 fully saturated rings. The van der Waals surface area contributed by atoms with Gasteiger partial charge in [-0.1, -0.05) is 11.6 Å². The average Bonchev–Trinajstić information content (AvgIpc) is 3.03. The lowest BCUT2D eigenvalue weighted by atomic mass is 10.2. The van der Waals surface area contributed by atoms with Gasteiger partial charge in [0.2, 0.25) is 5.95 Å². The number of hydrogen-bond donors (Lipinski definition) is 1. The predicted molar refractivity (Wildman–Crippen MR) is 90.8 cm³/mol. The second-order valence-electron chi connectivity index (χ2n) is 5.50. The van der Waals surface area contributed by atoms with Gasteiger partial charge in [-0.05, 0) is 41.5 Å². The quantitative estimate of drug-likeness (QED) is 0.782. The zero-order valence-corrected chi connectivity index (χ0v) is 13.3. The van der Waals surface area contributed by atoms with E-state index in [1.54, 1.807) is 24.5 Å². The van der Waals surface area contributed by atoms with Gasteiger partial charge in [-0.3, -0.25) is 4.98 Å².